The van der Waals surface area contributed by atoms with Crippen molar-refractivity contribution < 1.29 is 8.91 Å². The highest BCUT2D eigenvalue weighted by Crippen LogP contribution is 2.23. The van der Waals surface area contributed by atoms with Gasteiger partial charge in [-0.25, -0.2) is 4.39 Å². The fourth-order valence-electron chi connectivity index (χ4n) is 1.36. The Bertz CT molecular complexity index is 504. The van der Waals surface area contributed by atoms with Gasteiger partial charge in [-0.3, -0.25) is 0 Å². The standard InChI is InChI=1S/C12H14FN3OS/c1-2-14-7-12-15-11(16-17-12)8-18-10-6-4-3-5-9(10)13/h3-6,14H,2,7-8H2,1H3. The van der Waals surface area contributed by atoms with Crippen LogP contribution in [0.5, 0.6) is 0 Å². The van der Waals surface area contributed by atoms with E-state index in [9.17, 15) is 4.39 Å². The maximum Gasteiger partial charge on any atom is 0.240 e. The van der Waals surface area contributed by atoms with Crippen LogP contribution in [-0.4, -0.2) is 16.7 Å². The Hall–Kier alpha value is -1.40. The van der Waals surface area contributed by atoms with E-state index in [-0.39, 0.29) is 5.82 Å². The van der Waals surface area contributed by atoms with Gasteiger partial charge in [-0.15, -0.1) is 11.8 Å². The summed E-state index contributed by atoms with van der Waals surface area (Å²) in [7, 11) is 0. The molecule has 6 heteroatoms. The minimum absolute atomic E-state index is 0.223. The molecular weight excluding hydrogens is 253 g/mol. The van der Waals surface area contributed by atoms with Crippen LogP contribution in [0.4, 0.5) is 4.39 Å². The monoisotopic (exact) mass is 267 g/mol. The van der Waals surface area contributed by atoms with Crippen molar-refractivity contribution in [3.8, 4) is 0 Å². The summed E-state index contributed by atoms with van der Waals surface area (Å²) in [5.74, 6) is 1.41. The third-order valence-corrected chi connectivity index (χ3v) is 3.27. The zero-order valence-electron chi connectivity index (χ0n) is 10.0. The molecule has 0 aliphatic rings. The number of nitrogens with zero attached hydrogens (tertiary/aromatic N) is 2. The third kappa shape index (κ3) is 3.54. The van der Waals surface area contributed by atoms with Crippen LogP contribution in [0.25, 0.3) is 0 Å². The van der Waals surface area contributed by atoms with E-state index in [1.54, 1.807) is 18.2 Å². The number of hydrogen-bond donors (Lipinski definition) is 1. The zero-order chi connectivity index (χ0) is 12.8. The van der Waals surface area contributed by atoms with Crippen LogP contribution in [0, 0.1) is 5.82 Å². The molecule has 0 saturated heterocycles. The Morgan fingerprint density at radius 3 is 3.00 bits per heavy atom. The van der Waals surface area contributed by atoms with Crippen LogP contribution >= 0.6 is 11.8 Å². The van der Waals surface area contributed by atoms with Crippen molar-refractivity contribution in [1.29, 1.82) is 0 Å². The van der Waals surface area contributed by atoms with Gasteiger partial charge in [-0.1, -0.05) is 24.2 Å². The SMILES string of the molecule is CCNCc1nc(CSc2ccccc2F)no1. The van der Waals surface area contributed by atoms with Crippen LogP contribution in [0.15, 0.2) is 33.7 Å². The first kappa shape index (κ1) is 13.0. The van der Waals surface area contributed by atoms with E-state index in [4.69, 9.17) is 4.52 Å². The predicted octanol–water partition coefficient (Wildman–Crippen LogP) is 2.61. The van der Waals surface area contributed by atoms with E-state index < -0.39 is 0 Å². The molecule has 0 spiro atoms. The lowest BCUT2D eigenvalue weighted by Crippen LogP contribution is -2.11. The Balaban J connectivity index is 1.90. The second-order valence-electron chi connectivity index (χ2n) is 3.60. The molecule has 0 atom stereocenters. The smallest absolute Gasteiger partial charge is 0.240 e. The van der Waals surface area contributed by atoms with Crippen molar-refractivity contribution in [3.05, 3.63) is 41.8 Å². The summed E-state index contributed by atoms with van der Waals surface area (Å²) in [6.07, 6.45) is 0. The van der Waals surface area contributed by atoms with E-state index in [2.05, 4.69) is 15.5 Å². The van der Waals surface area contributed by atoms with Gasteiger partial charge in [0.05, 0.1) is 12.3 Å². The van der Waals surface area contributed by atoms with Crippen molar-refractivity contribution in [2.75, 3.05) is 6.54 Å². The van der Waals surface area contributed by atoms with Crippen molar-refractivity contribution in [2.45, 2.75) is 24.1 Å². The molecule has 2 rings (SSSR count). The van der Waals surface area contributed by atoms with Gasteiger partial charge < -0.3 is 9.84 Å². The molecule has 0 amide bonds. The second kappa shape index (κ2) is 6.51. The van der Waals surface area contributed by atoms with E-state index in [1.165, 1.54) is 17.8 Å². The van der Waals surface area contributed by atoms with Gasteiger partial charge in [-0.05, 0) is 18.7 Å². The third-order valence-electron chi connectivity index (χ3n) is 2.23. The minimum atomic E-state index is -0.223. The molecule has 1 aromatic carbocycles. The topological polar surface area (TPSA) is 51.0 Å². The summed E-state index contributed by atoms with van der Waals surface area (Å²) < 4.78 is 18.4. The number of rotatable bonds is 6. The van der Waals surface area contributed by atoms with E-state index in [0.29, 0.717) is 28.9 Å². The average molecular weight is 267 g/mol. The highest BCUT2D eigenvalue weighted by Gasteiger charge is 2.07. The molecule has 0 radical (unpaired) electrons. The number of halogens is 1. The van der Waals surface area contributed by atoms with Crippen molar-refractivity contribution in [3.63, 3.8) is 0 Å². The first-order chi connectivity index (χ1) is 8.79. The largest absolute Gasteiger partial charge is 0.338 e. The van der Waals surface area contributed by atoms with Crippen LogP contribution < -0.4 is 5.32 Å². The summed E-state index contributed by atoms with van der Waals surface area (Å²) in [4.78, 5) is 4.80. The molecule has 0 fully saturated rings. The second-order valence-corrected chi connectivity index (χ2v) is 4.62. The van der Waals surface area contributed by atoms with Crippen molar-refractivity contribution in [2.24, 2.45) is 0 Å². The maximum atomic E-state index is 13.4. The Labute approximate surface area is 109 Å². The number of thioether (sulfide) groups is 1. The molecule has 18 heavy (non-hydrogen) atoms. The van der Waals surface area contributed by atoms with Crippen molar-refractivity contribution in [1.82, 2.24) is 15.5 Å². The fraction of sp³-hybridized carbons (Fsp3) is 0.333. The normalized spacial score (nSPS) is 10.8. The Morgan fingerprint density at radius 1 is 1.39 bits per heavy atom. The number of aromatic nitrogens is 2. The molecular formula is C12H14FN3OS. The van der Waals surface area contributed by atoms with Gasteiger partial charge >= 0.3 is 0 Å². The molecule has 96 valence electrons. The average Bonchev–Trinajstić information content (AvgIpc) is 2.83. The van der Waals surface area contributed by atoms with Gasteiger partial charge in [0.15, 0.2) is 5.82 Å². The maximum absolute atomic E-state index is 13.4. The highest BCUT2D eigenvalue weighted by atomic mass is 32.2. The van der Waals surface area contributed by atoms with E-state index in [0.717, 1.165) is 6.54 Å². The summed E-state index contributed by atoms with van der Waals surface area (Å²) in [5.41, 5.74) is 0. The van der Waals surface area contributed by atoms with Crippen LogP contribution in [-0.2, 0) is 12.3 Å². The molecule has 2 aromatic rings. The number of nitrogens with one attached hydrogen (secondary N) is 1. The lowest BCUT2D eigenvalue weighted by atomic mass is 10.3. The Kier molecular flexibility index (Phi) is 4.72. The summed E-state index contributed by atoms with van der Waals surface area (Å²) in [5, 5.41) is 6.94. The van der Waals surface area contributed by atoms with E-state index in [1.807, 2.05) is 6.92 Å². The predicted molar refractivity (Wildman–Crippen MR) is 67.6 cm³/mol. The highest BCUT2D eigenvalue weighted by molar-refractivity contribution is 7.98. The summed E-state index contributed by atoms with van der Waals surface area (Å²) in [6, 6.07) is 6.65. The minimum Gasteiger partial charge on any atom is -0.338 e. The van der Waals surface area contributed by atoms with Gasteiger partial charge in [0, 0.05) is 4.90 Å². The number of benzene rings is 1. The molecule has 1 aromatic heterocycles. The molecule has 0 aliphatic carbocycles. The van der Waals surface area contributed by atoms with E-state index >= 15 is 0 Å². The number of hydrogen-bond acceptors (Lipinski definition) is 5. The molecule has 0 aliphatic heterocycles. The van der Waals surface area contributed by atoms with Gasteiger partial charge in [0.25, 0.3) is 0 Å². The van der Waals surface area contributed by atoms with Crippen LogP contribution in [0.2, 0.25) is 0 Å². The lowest BCUT2D eigenvalue weighted by Gasteiger charge is -1.99. The van der Waals surface area contributed by atoms with Crippen molar-refractivity contribution >= 4 is 11.8 Å². The Morgan fingerprint density at radius 2 is 2.22 bits per heavy atom. The molecule has 0 bridgehead atoms. The molecule has 1 heterocycles. The molecule has 0 unspecified atom stereocenters. The van der Waals surface area contributed by atoms with Gasteiger partial charge in [-0.2, -0.15) is 4.98 Å². The lowest BCUT2D eigenvalue weighted by molar-refractivity contribution is 0.365. The van der Waals surface area contributed by atoms with Gasteiger partial charge in [0.1, 0.15) is 5.82 Å². The first-order valence-electron chi connectivity index (χ1n) is 5.69. The zero-order valence-corrected chi connectivity index (χ0v) is 10.8. The summed E-state index contributed by atoms with van der Waals surface area (Å²) >= 11 is 1.36. The van der Waals surface area contributed by atoms with Crippen LogP contribution in [0.3, 0.4) is 0 Å². The quantitative estimate of drug-likeness (QED) is 0.815. The summed E-state index contributed by atoms with van der Waals surface area (Å²) in [6.45, 7) is 3.42. The molecule has 4 nitrogen and oxygen atoms in total. The molecule has 0 saturated carbocycles. The molecule has 1 N–H and O–H groups in total. The fourth-order valence-corrected chi connectivity index (χ4v) is 2.14. The van der Waals surface area contributed by atoms with Crippen LogP contribution in [0.1, 0.15) is 18.6 Å². The first-order valence-corrected chi connectivity index (χ1v) is 6.67. The van der Waals surface area contributed by atoms with Gasteiger partial charge in [0.2, 0.25) is 5.89 Å².